The van der Waals surface area contributed by atoms with E-state index in [-0.39, 0.29) is 24.5 Å². The van der Waals surface area contributed by atoms with Gasteiger partial charge in [0.15, 0.2) is 0 Å². The van der Waals surface area contributed by atoms with Crippen molar-refractivity contribution in [1.29, 1.82) is 0 Å². The molecule has 1 amide bonds. The van der Waals surface area contributed by atoms with E-state index in [1.165, 1.54) is 0 Å². The standard InChI is InChI=1S/C15H19NO3/c1-3-19-14(17)10-16(13-7-8-13)15(18)12-6-4-5-11(2)9-12/h4-6,9,13H,3,7-8,10H2,1-2H3. The van der Waals surface area contributed by atoms with E-state index in [4.69, 9.17) is 4.74 Å². The van der Waals surface area contributed by atoms with Gasteiger partial charge in [-0.25, -0.2) is 0 Å². The monoisotopic (exact) mass is 261 g/mol. The van der Waals surface area contributed by atoms with Gasteiger partial charge in [0.1, 0.15) is 6.54 Å². The lowest BCUT2D eigenvalue weighted by molar-refractivity contribution is -0.144. The third kappa shape index (κ3) is 3.56. The van der Waals surface area contributed by atoms with Crippen molar-refractivity contribution >= 4 is 11.9 Å². The SMILES string of the molecule is CCOC(=O)CN(C(=O)c1cccc(C)c1)C1CC1. The Morgan fingerprint density at radius 2 is 2.11 bits per heavy atom. The summed E-state index contributed by atoms with van der Waals surface area (Å²) in [4.78, 5) is 25.6. The van der Waals surface area contributed by atoms with Crippen LogP contribution < -0.4 is 0 Å². The molecule has 4 nitrogen and oxygen atoms in total. The molecular formula is C15H19NO3. The number of ether oxygens (including phenoxy) is 1. The number of rotatable bonds is 5. The van der Waals surface area contributed by atoms with Gasteiger partial charge < -0.3 is 9.64 Å². The Kier molecular flexibility index (Phi) is 4.20. The lowest BCUT2D eigenvalue weighted by Crippen LogP contribution is -2.38. The zero-order chi connectivity index (χ0) is 13.8. The second kappa shape index (κ2) is 5.87. The molecule has 0 unspecified atom stereocenters. The Bertz CT molecular complexity index is 480. The summed E-state index contributed by atoms with van der Waals surface area (Å²) in [6.07, 6.45) is 1.94. The summed E-state index contributed by atoms with van der Waals surface area (Å²) in [5, 5.41) is 0. The Morgan fingerprint density at radius 3 is 2.68 bits per heavy atom. The van der Waals surface area contributed by atoms with Gasteiger partial charge in [0.25, 0.3) is 5.91 Å². The van der Waals surface area contributed by atoms with E-state index in [2.05, 4.69) is 0 Å². The first-order valence-corrected chi connectivity index (χ1v) is 6.65. The zero-order valence-corrected chi connectivity index (χ0v) is 11.4. The Hall–Kier alpha value is -1.84. The highest BCUT2D eigenvalue weighted by atomic mass is 16.5. The van der Waals surface area contributed by atoms with Crippen molar-refractivity contribution in [1.82, 2.24) is 4.90 Å². The van der Waals surface area contributed by atoms with E-state index in [9.17, 15) is 9.59 Å². The maximum absolute atomic E-state index is 12.4. The Labute approximate surface area is 113 Å². The van der Waals surface area contributed by atoms with E-state index in [0.29, 0.717) is 12.2 Å². The first kappa shape index (κ1) is 13.6. The van der Waals surface area contributed by atoms with Gasteiger partial charge in [-0.05, 0) is 38.8 Å². The first-order chi connectivity index (χ1) is 9.11. The van der Waals surface area contributed by atoms with Crippen LogP contribution in [-0.4, -0.2) is 36.0 Å². The molecule has 2 rings (SSSR count). The number of esters is 1. The predicted molar refractivity (Wildman–Crippen MR) is 71.9 cm³/mol. The molecule has 0 atom stereocenters. The molecule has 0 radical (unpaired) electrons. The molecule has 1 aliphatic rings. The smallest absolute Gasteiger partial charge is 0.325 e. The quantitative estimate of drug-likeness (QED) is 0.763. The summed E-state index contributed by atoms with van der Waals surface area (Å²) in [6, 6.07) is 7.64. The molecule has 1 aliphatic carbocycles. The largest absolute Gasteiger partial charge is 0.465 e. The van der Waals surface area contributed by atoms with Crippen LogP contribution in [0.2, 0.25) is 0 Å². The molecule has 4 heteroatoms. The molecule has 0 aliphatic heterocycles. The van der Waals surface area contributed by atoms with Crippen LogP contribution in [0.1, 0.15) is 35.7 Å². The second-order valence-electron chi connectivity index (χ2n) is 4.84. The minimum absolute atomic E-state index is 0.0469. The van der Waals surface area contributed by atoms with Gasteiger partial charge in [-0.15, -0.1) is 0 Å². The van der Waals surface area contributed by atoms with Crippen molar-refractivity contribution in [3.05, 3.63) is 35.4 Å². The van der Waals surface area contributed by atoms with Crippen LogP contribution in [0.5, 0.6) is 0 Å². The van der Waals surface area contributed by atoms with Gasteiger partial charge in [-0.1, -0.05) is 17.7 Å². The normalized spacial score (nSPS) is 14.0. The highest BCUT2D eigenvalue weighted by Crippen LogP contribution is 2.28. The highest BCUT2D eigenvalue weighted by Gasteiger charge is 2.34. The molecule has 1 aromatic carbocycles. The van der Waals surface area contributed by atoms with Crippen LogP contribution in [0, 0.1) is 6.92 Å². The van der Waals surface area contributed by atoms with E-state index < -0.39 is 0 Å². The highest BCUT2D eigenvalue weighted by molar-refractivity contribution is 5.96. The van der Waals surface area contributed by atoms with Gasteiger partial charge in [-0.2, -0.15) is 0 Å². The number of aryl methyl sites for hydroxylation is 1. The molecular weight excluding hydrogens is 242 g/mol. The lowest BCUT2D eigenvalue weighted by Gasteiger charge is -2.21. The average Bonchev–Trinajstić information content (AvgIpc) is 3.20. The number of hydrogen-bond donors (Lipinski definition) is 0. The van der Waals surface area contributed by atoms with Crippen molar-refractivity contribution in [3.63, 3.8) is 0 Å². The van der Waals surface area contributed by atoms with Crippen molar-refractivity contribution in [2.75, 3.05) is 13.2 Å². The first-order valence-electron chi connectivity index (χ1n) is 6.65. The predicted octanol–water partition coefficient (Wildman–Crippen LogP) is 2.16. The van der Waals surface area contributed by atoms with Gasteiger partial charge in [0.2, 0.25) is 0 Å². The van der Waals surface area contributed by atoms with Crippen LogP contribution in [0.3, 0.4) is 0 Å². The van der Waals surface area contributed by atoms with E-state index >= 15 is 0 Å². The van der Waals surface area contributed by atoms with Crippen molar-refractivity contribution in [3.8, 4) is 0 Å². The molecule has 0 saturated heterocycles. The number of carbonyl (C=O) groups excluding carboxylic acids is 2. The van der Waals surface area contributed by atoms with Gasteiger partial charge in [-0.3, -0.25) is 9.59 Å². The second-order valence-corrected chi connectivity index (χ2v) is 4.84. The van der Waals surface area contributed by atoms with Crippen LogP contribution in [0.25, 0.3) is 0 Å². The molecule has 0 heterocycles. The summed E-state index contributed by atoms with van der Waals surface area (Å²) >= 11 is 0. The molecule has 102 valence electrons. The number of nitrogens with zero attached hydrogens (tertiary/aromatic N) is 1. The molecule has 0 aromatic heterocycles. The summed E-state index contributed by atoms with van der Waals surface area (Å²) in [5.74, 6) is -0.422. The summed E-state index contributed by atoms with van der Waals surface area (Å²) < 4.78 is 4.93. The number of amides is 1. The van der Waals surface area contributed by atoms with Crippen LogP contribution in [0.4, 0.5) is 0 Å². The van der Waals surface area contributed by atoms with E-state index in [1.54, 1.807) is 17.9 Å². The minimum atomic E-state index is -0.338. The third-order valence-corrected chi connectivity index (χ3v) is 3.12. The van der Waals surface area contributed by atoms with E-state index in [1.807, 2.05) is 25.1 Å². The fraction of sp³-hybridized carbons (Fsp3) is 0.467. The van der Waals surface area contributed by atoms with Gasteiger partial charge in [0, 0.05) is 11.6 Å². The molecule has 1 aromatic rings. The van der Waals surface area contributed by atoms with Gasteiger partial charge >= 0.3 is 5.97 Å². The van der Waals surface area contributed by atoms with Crippen LogP contribution >= 0.6 is 0 Å². The van der Waals surface area contributed by atoms with Crippen LogP contribution in [-0.2, 0) is 9.53 Å². The van der Waals surface area contributed by atoms with Crippen LogP contribution in [0.15, 0.2) is 24.3 Å². The van der Waals surface area contributed by atoms with Crippen molar-refractivity contribution in [2.45, 2.75) is 32.7 Å². The zero-order valence-electron chi connectivity index (χ0n) is 11.4. The lowest BCUT2D eigenvalue weighted by atomic mass is 10.1. The molecule has 0 spiro atoms. The van der Waals surface area contributed by atoms with Crippen molar-refractivity contribution in [2.24, 2.45) is 0 Å². The number of benzene rings is 1. The molecule has 1 saturated carbocycles. The Morgan fingerprint density at radius 1 is 1.37 bits per heavy atom. The topological polar surface area (TPSA) is 46.6 Å². The fourth-order valence-corrected chi connectivity index (χ4v) is 2.04. The summed E-state index contributed by atoms with van der Waals surface area (Å²) in [6.45, 7) is 4.10. The summed E-state index contributed by atoms with van der Waals surface area (Å²) in [7, 11) is 0. The molecule has 1 fully saturated rings. The van der Waals surface area contributed by atoms with Gasteiger partial charge in [0.05, 0.1) is 6.61 Å². The van der Waals surface area contributed by atoms with E-state index in [0.717, 1.165) is 18.4 Å². The maximum Gasteiger partial charge on any atom is 0.325 e. The Balaban J connectivity index is 2.10. The third-order valence-electron chi connectivity index (χ3n) is 3.12. The summed E-state index contributed by atoms with van der Waals surface area (Å²) in [5.41, 5.74) is 1.67. The molecule has 19 heavy (non-hydrogen) atoms. The molecule has 0 bridgehead atoms. The minimum Gasteiger partial charge on any atom is -0.465 e. The van der Waals surface area contributed by atoms with Crippen molar-refractivity contribution < 1.29 is 14.3 Å². The maximum atomic E-state index is 12.4. The average molecular weight is 261 g/mol. The number of carbonyl (C=O) groups is 2. The number of hydrogen-bond acceptors (Lipinski definition) is 3. The fourth-order valence-electron chi connectivity index (χ4n) is 2.04. The molecule has 0 N–H and O–H groups in total.